The van der Waals surface area contributed by atoms with Gasteiger partial charge < -0.3 is 9.67 Å². The summed E-state index contributed by atoms with van der Waals surface area (Å²) in [4.78, 5) is 11.4. The van der Waals surface area contributed by atoms with E-state index in [1.54, 1.807) is 17.6 Å². The van der Waals surface area contributed by atoms with Gasteiger partial charge in [-0.25, -0.2) is 9.18 Å². The second kappa shape index (κ2) is 4.44. The van der Waals surface area contributed by atoms with Crippen molar-refractivity contribution in [3.63, 3.8) is 0 Å². The molecule has 0 fully saturated rings. The number of aromatic nitrogens is 1. The van der Waals surface area contributed by atoms with Gasteiger partial charge in [-0.15, -0.1) is 0 Å². The number of aryl methyl sites for hydroxylation is 1. The summed E-state index contributed by atoms with van der Waals surface area (Å²) >= 11 is 0. The van der Waals surface area contributed by atoms with Gasteiger partial charge in [-0.2, -0.15) is 0 Å². The Balaban J connectivity index is 2.79. The smallest absolute Gasteiger partial charge is 0.352 e. The number of fused-ring (bicyclic) bond motifs is 1. The van der Waals surface area contributed by atoms with Crippen molar-refractivity contribution in [2.75, 3.05) is 0 Å². The lowest BCUT2D eigenvalue weighted by Crippen LogP contribution is -2.12. The molecule has 0 bridgehead atoms. The van der Waals surface area contributed by atoms with Crippen LogP contribution in [0.2, 0.25) is 0 Å². The summed E-state index contributed by atoms with van der Waals surface area (Å²) in [7, 11) is 0. The summed E-state index contributed by atoms with van der Waals surface area (Å²) in [6.07, 6.45) is 0. The average molecular weight is 249 g/mol. The molecule has 1 heterocycles. The van der Waals surface area contributed by atoms with Crippen molar-refractivity contribution < 1.29 is 14.3 Å². The number of carbonyl (C=O) groups is 1. The van der Waals surface area contributed by atoms with Gasteiger partial charge in [0, 0.05) is 17.4 Å². The Morgan fingerprint density at radius 1 is 1.44 bits per heavy atom. The summed E-state index contributed by atoms with van der Waals surface area (Å²) in [6, 6.07) is 4.41. The molecular weight excluding hydrogens is 233 g/mol. The number of carboxylic acid groups (broad SMARTS) is 1. The van der Waals surface area contributed by atoms with E-state index in [0.29, 0.717) is 23.4 Å². The van der Waals surface area contributed by atoms with Crippen molar-refractivity contribution in [2.24, 2.45) is 5.92 Å². The molecule has 0 saturated carbocycles. The Labute approximate surface area is 105 Å². The quantitative estimate of drug-likeness (QED) is 0.905. The molecule has 18 heavy (non-hydrogen) atoms. The molecule has 2 rings (SSSR count). The fourth-order valence-electron chi connectivity index (χ4n) is 2.33. The van der Waals surface area contributed by atoms with Crippen molar-refractivity contribution in [2.45, 2.75) is 27.3 Å². The molecule has 0 radical (unpaired) electrons. The van der Waals surface area contributed by atoms with Gasteiger partial charge in [0.05, 0.1) is 0 Å². The number of benzene rings is 1. The van der Waals surface area contributed by atoms with E-state index in [9.17, 15) is 14.3 Å². The number of halogens is 1. The minimum atomic E-state index is -0.968. The topological polar surface area (TPSA) is 42.2 Å². The third-order valence-corrected chi connectivity index (χ3v) is 3.03. The highest BCUT2D eigenvalue weighted by molar-refractivity contribution is 5.98. The number of aromatic carboxylic acids is 1. The summed E-state index contributed by atoms with van der Waals surface area (Å²) in [5.41, 5.74) is 1.65. The first-order chi connectivity index (χ1) is 8.41. The lowest BCUT2D eigenvalue weighted by molar-refractivity contribution is 0.0684. The monoisotopic (exact) mass is 249 g/mol. The van der Waals surface area contributed by atoms with Crippen molar-refractivity contribution in [3.05, 3.63) is 35.3 Å². The van der Waals surface area contributed by atoms with Gasteiger partial charge in [-0.3, -0.25) is 0 Å². The molecule has 0 unspecified atom stereocenters. The fourth-order valence-corrected chi connectivity index (χ4v) is 2.33. The van der Waals surface area contributed by atoms with Crippen LogP contribution >= 0.6 is 0 Å². The van der Waals surface area contributed by atoms with Crippen LogP contribution in [0.25, 0.3) is 10.9 Å². The summed E-state index contributed by atoms with van der Waals surface area (Å²) in [5.74, 6) is -0.989. The van der Waals surface area contributed by atoms with Crippen LogP contribution in [0, 0.1) is 18.7 Å². The third kappa shape index (κ3) is 1.98. The highest BCUT2D eigenvalue weighted by Gasteiger charge is 2.20. The molecule has 2 aromatic rings. The van der Waals surface area contributed by atoms with Crippen molar-refractivity contribution in [1.29, 1.82) is 0 Å². The van der Waals surface area contributed by atoms with Gasteiger partial charge in [0.2, 0.25) is 0 Å². The van der Waals surface area contributed by atoms with Crippen LogP contribution in [0.5, 0.6) is 0 Å². The Hall–Kier alpha value is -1.84. The van der Waals surface area contributed by atoms with Gasteiger partial charge in [-0.05, 0) is 36.6 Å². The van der Waals surface area contributed by atoms with Crippen LogP contribution in [-0.2, 0) is 6.54 Å². The average Bonchev–Trinajstić information content (AvgIpc) is 2.51. The van der Waals surface area contributed by atoms with Gasteiger partial charge in [-0.1, -0.05) is 13.8 Å². The van der Waals surface area contributed by atoms with Gasteiger partial charge >= 0.3 is 5.97 Å². The summed E-state index contributed by atoms with van der Waals surface area (Å²) in [5, 5.41) is 9.99. The zero-order chi connectivity index (χ0) is 13.4. The van der Waals surface area contributed by atoms with E-state index in [-0.39, 0.29) is 11.5 Å². The molecule has 0 aliphatic rings. The Morgan fingerprint density at radius 3 is 2.67 bits per heavy atom. The summed E-state index contributed by atoms with van der Waals surface area (Å²) in [6.45, 7) is 6.38. The Bertz CT molecular complexity index is 614. The van der Waals surface area contributed by atoms with Crippen molar-refractivity contribution >= 4 is 16.9 Å². The van der Waals surface area contributed by atoms with Crippen molar-refractivity contribution in [3.8, 4) is 0 Å². The molecule has 0 aliphatic carbocycles. The minimum Gasteiger partial charge on any atom is -0.477 e. The molecule has 4 heteroatoms. The zero-order valence-electron chi connectivity index (χ0n) is 10.7. The second-order valence-electron chi connectivity index (χ2n) is 4.94. The molecule has 1 N–H and O–H groups in total. The van der Waals surface area contributed by atoms with E-state index in [2.05, 4.69) is 0 Å². The Kier molecular flexibility index (Phi) is 3.11. The molecule has 96 valence electrons. The van der Waals surface area contributed by atoms with E-state index < -0.39 is 5.97 Å². The van der Waals surface area contributed by atoms with Crippen LogP contribution in [-0.4, -0.2) is 15.6 Å². The van der Waals surface area contributed by atoms with Crippen LogP contribution < -0.4 is 0 Å². The summed E-state index contributed by atoms with van der Waals surface area (Å²) < 4.78 is 15.0. The van der Waals surface area contributed by atoms with Crippen LogP contribution in [0.15, 0.2) is 18.2 Å². The number of hydrogen-bond donors (Lipinski definition) is 1. The SMILES string of the molecule is Cc1c(C(=O)O)n(CC(C)C)c2ccc(F)cc12. The fraction of sp³-hybridized carbons (Fsp3) is 0.357. The van der Waals surface area contributed by atoms with Crippen molar-refractivity contribution in [1.82, 2.24) is 4.57 Å². The van der Waals surface area contributed by atoms with Crippen LogP contribution in [0.4, 0.5) is 4.39 Å². The van der Waals surface area contributed by atoms with Crippen LogP contribution in [0.1, 0.15) is 29.9 Å². The zero-order valence-corrected chi connectivity index (χ0v) is 10.7. The predicted octanol–water partition coefficient (Wildman–Crippen LogP) is 3.44. The molecule has 0 spiro atoms. The van der Waals surface area contributed by atoms with Gasteiger partial charge in [0.1, 0.15) is 11.5 Å². The maximum Gasteiger partial charge on any atom is 0.352 e. The van der Waals surface area contributed by atoms with E-state index >= 15 is 0 Å². The van der Waals surface area contributed by atoms with E-state index in [4.69, 9.17) is 0 Å². The molecule has 0 saturated heterocycles. The molecule has 0 atom stereocenters. The first-order valence-corrected chi connectivity index (χ1v) is 5.93. The standard InChI is InChI=1S/C14H16FNO2/c1-8(2)7-16-12-5-4-10(15)6-11(12)9(3)13(16)14(17)18/h4-6,8H,7H2,1-3H3,(H,17,18). The normalized spacial score (nSPS) is 11.4. The number of hydrogen-bond acceptors (Lipinski definition) is 1. The van der Waals surface area contributed by atoms with Crippen LogP contribution in [0.3, 0.4) is 0 Å². The molecule has 0 aliphatic heterocycles. The largest absolute Gasteiger partial charge is 0.477 e. The lowest BCUT2D eigenvalue weighted by atomic mass is 10.1. The Morgan fingerprint density at radius 2 is 2.11 bits per heavy atom. The lowest BCUT2D eigenvalue weighted by Gasteiger charge is -2.11. The maximum absolute atomic E-state index is 13.3. The van der Waals surface area contributed by atoms with E-state index in [1.165, 1.54) is 12.1 Å². The molecular formula is C14H16FNO2. The first kappa shape index (κ1) is 12.6. The van der Waals surface area contributed by atoms with Gasteiger partial charge in [0.15, 0.2) is 0 Å². The van der Waals surface area contributed by atoms with E-state index in [0.717, 1.165) is 5.52 Å². The molecule has 0 amide bonds. The molecule has 1 aromatic heterocycles. The third-order valence-electron chi connectivity index (χ3n) is 3.03. The molecule has 3 nitrogen and oxygen atoms in total. The first-order valence-electron chi connectivity index (χ1n) is 5.93. The highest BCUT2D eigenvalue weighted by Crippen LogP contribution is 2.27. The minimum absolute atomic E-state index is 0.254. The predicted molar refractivity (Wildman–Crippen MR) is 68.4 cm³/mol. The second-order valence-corrected chi connectivity index (χ2v) is 4.94. The number of rotatable bonds is 3. The van der Waals surface area contributed by atoms with Gasteiger partial charge in [0.25, 0.3) is 0 Å². The molecule has 1 aromatic carbocycles. The highest BCUT2D eigenvalue weighted by atomic mass is 19.1. The maximum atomic E-state index is 13.3. The number of carboxylic acids is 1. The van der Waals surface area contributed by atoms with E-state index in [1.807, 2.05) is 13.8 Å². The number of nitrogens with zero attached hydrogens (tertiary/aromatic N) is 1.